The monoisotopic (exact) mass is 220 g/mol. The van der Waals surface area contributed by atoms with Gasteiger partial charge in [-0.3, -0.25) is 10.2 Å². The van der Waals surface area contributed by atoms with E-state index in [0.29, 0.717) is 5.84 Å². The van der Waals surface area contributed by atoms with E-state index in [9.17, 15) is 4.79 Å². The van der Waals surface area contributed by atoms with Gasteiger partial charge >= 0.3 is 0 Å². The minimum Gasteiger partial charge on any atom is -0.291 e. The maximum Gasteiger partial charge on any atom is 0.277 e. The number of amides is 1. The molecule has 0 aliphatic carbocycles. The third-order valence-corrected chi connectivity index (χ3v) is 2.62. The molecule has 0 bridgehead atoms. The van der Waals surface area contributed by atoms with E-state index in [2.05, 4.69) is 20.5 Å². The molecule has 2 aliphatic rings. The zero-order valence-electron chi connectivity index (χ0n) is 9.98. The van der Waals surface area contributed by atoms with Gasteiger partial charge in [0.05, 0.1) is 11.4 Å². The molecule has 0 spiro atoms. The van der Waals surface area contributed by atoms with E-state index in [1.54, 1.807) is 0 Å². The Balaban J connectivity index is 2.38. The molecule has 2 aliphatic heterocycles. The highest BCUT2D eigenvalue weighted by Gasteiger charge is 2.37. The van der Waals surface area contributed by atoms with Gasteiger partial charge in [0, 0.05) is 5.92 Å². The number of carbonyl (C=O) groups excluding carboxylic acids is 1. The van der Waals surface area contributed by atoms with E-state index in [4.69, 9.17) is 0 Å². The van der Waals surface area contributed by atoms with Crippen LogP contribution >= 0.6 is 0 Å². The molecule has 1 N–H and O–H groups in total. The number of hydrogen-bond acceptors (Lipinski definition) is 4. The molecule has 0 fully saturated rings. The van der Waals surface area contributed by atoms with Crippen molar-refractivity contribution in [2.45, 2.75) is 33.7 Å². The topological polar surface area (TPSA) is 66.2 Å². The van der Waals surface area contributed by atoms with Crippen LogP contribution in [0.25, 0.3) is 0 Å². The first-order valence-corrected chi connectivity index (χ1v) is 5.55. The van der Waals surface area contributed by atoms with Crippen LogP contribution in [0.2, 0.25) is 0 Å². The van der Waals surface area contributed by atoms with Crippen LogP contribution < -0.4 is 5.43 Å². The molecule has 0 radical (unpaired) electrons. The van der Waals surface area contributed by atoms with Crippen LogP contribution in [-0.4, -0.2) is 29.2 Å². The summed E-state index contributed by atoms with van der Waals surface area (Å²) in [6.45, 7) is 8.03. The first-order valence-electron chi connectivity index (χ1n) is 5.55. The number of nitrogens with one attached hydrogen (secondary N) is 1. The molecule has 1 atom stereocenters. The molecule has 0 saturated heterocycles. The van der Waals surface area contributed by atoms with Gasteiger partial charge < -0.3 is 0 Å². The second kappa shape index (κ2) is 3.81. The summed E-state index contributed by atoms with van der Waals surface area (Å²) in [4.78, 5) is 20.2. The van der Waals surface area contributed by atoms with Crippen molar-refractivity contribution in [3.63, 3.8) is 0 Å². The molecule has 2 rings (SSSR count). The minimum absolute atomic E-state index is 0.159. The van der Waals surface area contributed by atoms with Crippen molar-refractivity contribution in [2.75, 3.05) is 0 Å². The van der Waals surface area contributed by atoms with Gasteiger partial charge in [-0.15, -0.1) is 0 Å². The first-order chi connectivity index (χ1) is 7.50. The molecule has 0 aromatic heterocycles. The Kier molecular flexibility index (Phi) is 2.61. The minimum atomic E-state index is -0.458. The van der Waals surface area contributed by atoms with Crippen molar-refractivity contribution in [3.05, 3.63) is 0 Å². The molecule has 16 heavy (non-hydrogen) atoms. The fourth-order valence-corrected chi connectivity index (χ4v) is 1.70. The smallest absolute Gasteiger partial charge is 0.277 e. The highest BCUT2D eigenvalue weighted by molar-refractivity contribution is 6.51. The van der Waals surface area contributed by atoms with Crippen LogP contribution in [0.1, 0.15) is 27.7 Å². The summed E-state index contributed by atoms with van der Waals surface area (Å²) in [5, 5.41) is 4.17. The van der Waals surface area contributed by atoms with Gasteiger partial charge in [0.25, 0.3) is 5.91 Å². The Hall–Kier alpha value is -1.52. The van der Waals surface area contributed by atoms with E-state index in [-0.39, 0.29) is 17.7 Å². The number of nitrogens with zero attached hydrogens (tertiary/aromatic N) is 3. The standard InChI is InChI=1S/C11H16N4O/c1-5(2)7-8-9(15-14-7)11(16)13-10(12-8)6(3)4/h5-6,9,15H,1-4H3. The largest absolute Gasteiger partial charge is 0.291 e. The summed E-state index contributed by atoms with van der Waals surface area (Å²) in [6.07, 6.45) is 0. The fraction of sp³-hybridized carbons (Fsp3) is 0.636. The summed E-state index contributed by atoms with van der Waals surface area (Å²) in [6, 6.07) is -0.458. The van der Waals surface area contributed by atoms with Crippen LogP contribution in [0.4, 0.5) is 0 Å². The zero-order valence-corrected chi connectivity index (χ0v) is 9.98. The molecule has 86 valence electrons. The molecule has 2 heterocycles. The molecule has 5 nitrogen and oxygen atoms in total. The molecule has 0 saturated carbocycles. The predicted octanol–water partition coefficient (Wildman–Crippen LogP) is 1.01. The number of hydrogen-bond donors (Lipinski definition) is 1. The van der Waals surface area contributed by atoms with Gasteiger partial charge in [-0.1, -0.05) is 27.7 Å². The van der Waals surface area contributed by atoms with Crippen molar-refractivity contribution in [2.24, 2.45) is 26.9 Å². The van der Waals surface area contributed by atoms with Gasteiger partial charge in [0.15, 0.2) is 6.04 Å². The van der Waals surface area contributed by atoms with Crippen molar-refractivity contribution < 1.29 is 4.79 Å². The van der Waals surface area contributed by atoms with E-state index in [0.717, 1.165) is 11.4 Å². The molecular formula is C11H16N4O. The Morgan fingerprint density at radius 2 is 1.81 bits per heavy atom. The maximum atomic E-state index is 11.8. The maximum absolute atomic E-state index is 11.8. The van der Waals surface area contributed by atoms with Crippen LogP contribution in [0, 0.1) is 11.8 Å². The molecule has 0 aromatic carbocycles. The summed E-state index contributed by atoms with van der Waals surface area (Å²) in [7, 11) is 0. The van der Waals surface area contributed by atoms with Gasteiger partial charge in [-0.2, -0.15) is 10.1 Å². The van der Waals surface area contributed by atoms with Gasteiger partial charge in [0.1, 0.15) is 5.84 Å². The SMILES string of the molecule is CC(C)C1=NC(=O)C2NN=C(C(C)C)C2=N1. The van der Waals surface area contributed by atoms with Crippen LogP contribution in [0.15, 0.2) is 15.1 Å². The molecular weight excluding hydrogens is 204 g/mol. The Morgan fingerprint density at radius 3 is 2.38 bits per heavy atom. The second-order valence-corrected chi connectivity index (χ2v) is 4.67. The molecule has 1 unspecified atom stereocenters. The number of rotatable bonds is 2. The van der Waals surface area contributed by atoms with E-state index >= 15 is 0 Å². The first kappa shape index (κ1) is 11.0. The number of amidine groups is 1. The number of fused-ring (bicyclic) bond motifs is 1. The van der Waals surface area contributed by atoms with E-state index in [1.165, 1.54) is 0 Å². The molecule has 5 heteroatoms. The number of aliphatic imine (C=N–C) groups is 2. The van der Waals surface area contributed by atoms with Crippen LogP contribution in [0.3, 0.4) is 0 Å². The third kappa shape index (κ3) is 1.66. The Bertz CT molecular complexity index is 418. The lowest BCUT2D eigenvalue weighted by Crippen LogP contribution is -2.42. The van der Waals surface area contributed by atoms with Gasteiger partial charge in [0.2, 0.25) is 0 Å². The quantitative estimate of drug-likeness (QED) is 0.754. The van der Waals surface area contributed by atoms with Crippen molar-refractivity contribution >= 4 is 23.2 Å². The summed E-state index contributed by atoms with van der Waals surface area (Å²) >= 11 is 0. The highest BCUT2D eigenvalue weighted by atomic mass is 16.2. The van der Waals surface area contributed by atoms with Crippen molar-refractivity contribution in [3.8, 4) is 0 Å². The Morgan fingerprint density at radius 1 is 1.12 bits per heavy atom. The Labute approximate surface area is 94.7 Å². The van der Waals surface area contributed by atoms with Crippen LogP contribution in [-0.2, 0) is 4.79 Å². The summed E-state index contributed by atoms with van der Waals surface area (Å²) < 4.78 is 0. The zero-order chi connectivity index (χ0) is 11.9. The lowest BCUT2D eigenvalue weighted by atomic mass is 9.98. The third-order valence-electron chi connectivity index (χ3n) is 2.62. The summed E-state index contributed by atoms with van der Waals surface area (Å²) in [5.41, 5.74) is 4.42. The molecule has 0 aromatic rings. The lowest BCUT2D eigenvalue weighted by molar-refractivity contribution is -0.118. The number of hydrazone groups is 1. The fourth-order valence-electron chi connectivity index (χ4n) is 1.70. The average Bonchev–Trinajstić information content (AvgIpc) is 2.61. The molecule has 1 amide bonds. The van der Waals surface area contributed by atoms with E-state index in [1.807, 2.05) is 27.7 Å². The van der Waals surface area contributed by atoms with Crippen LogP contribution in [0.5, 0.6) is 0 Å². The number of carbonyl (C=O) groups is 1. The van der Waals surface area contributed by atoms with Crippen molar-refractivity contribution in [1.82, 2.24) is 5.43 Å². The predicted molar refractivity (Wildman–Crippen MR) is 63.9 cm³/mol. The lowest BCUT2D eigenvalue weighted by Gasteiger charge is -2.17. The highest BCUT2D eigenvalue weighted by Crippen LogP contribution is 2.16. The normalized spacial score (nSPS) is 24.0. The summed E-state index contributed by atoms with van der Waals surface area (Å²) in [5.74, 6) is 0.836. The van der Waals surface area contributed by atoms with Crippen molar-refractivity contribution in [1.29, 1.82) is 0 Å². The second-order valence-electron chi connectivity index (χ2n) is 4.67. The van der Waals surface area contributed by atoms with E-state index < -0.39 is 6.04 Å². The van der Waals surface area contributed by atoms with Gasteiger partial charge in [-0.25, -0.2) is 4.99 Å². The average molecular weight is 220 g/mol. The van der Waals surface area contributed by atoms with Gasteiger partial charge in [-0.05, 0) is 5.92 Å².